The van der Waals surface area contributed by atoms with Crippen LogP contribution in [-0.4, -0.2) is 36.0 Å². The maximum Gasteiger partial charge on any atom is 0.342 e. The van der Waals surface area contributed by atoms with Crippen molar-refractivity contribution in [3.63, 3.8) is 0 Å². The van der Waals surface area contributed by atoms with Gasteiger partial charge < -0.3 is 19.9 Å². The molecule has 0 bridgehead atoms. The molecular weight excluding hydrogens is 374 g/mol. The van der Waals surface area contributed by atoms with Crippen molar-refractivity contribution in [1.29, 1.82) is 0 Å². The Hall–Kier alpha value is -3.35. The summed E-state index contributed by atoms with van der Waals surface area (Å²) in [7, 11) is 1.44. The summed E-state index contributed by atoms with van der Waals surface area (Å²) in [5, 5.41) is 12.7. The maximum absolute atomic E-state index is 12.5. The number of anilines is 1. The Morgan fingerprint density at radius 3 is 2.17 bits per heavy atom. The predicted molar refractivity (Wildman–Crippen MR) is 108 cm³/mol. The van der Waals surface area contributed by atoms with E-state index in [0.717, 1.165) is 0 Å². The molecule has 2 N–H and O–H groups in total. The number of phenols is 1. The second-order valence-corrected chi connectivity index (χ2v) is 7.58. The summed E-state index contributed by atoms with van der Waals surface area (Å²) in [5.41, 5.74) is 0.294. The molecule has 29 heavy (non-hydrogen) atoms. The Morgan fingerprint density at radius 1 is 1.03 bits per heavy atom. The first kappa shape index (κ1) is 21.9. The number of phenolic OH excluding ortho intramolecular Hbond substituents is 1. The lowest BCUT2D eigenvalue weighted by Crippen LogP contribution is -2.27. The fourth-order valence-corrected chi connectivity index (χ4v) is 2.36. The molecule has 0 unspecified atom stereocenters. The molecule has 2 rings (SSSR count). The first-order valence-electron chi connectivity index (χ1n) is 9.06. The highest BCUT2D eigenvalue weighted by atomic mass is 16.5. The zero-order chi connectivity index (χ0) is 21.8. The average Bonchev–Trinajstić information content (AvgIpc) is 2.66. The van der Waals surface area contributed by atoms with Crippen LogP contribution in [0.2, 0.25) is 0 Å². The molecule has 7 nitrogen and oxygen atoms in total. The highest BCUT2D eigenvalue weighted by Gasteiger charge is 2.23. The molecule has 7 heteroatoms. The number of carbonyl (C=O) groups excluding carboxylic acids is 3. The van der Waals surface area contributed by atoms with E-state index in [1.807, 2.05) is 0 Å². The summed E-state index contributed by atoms with van der Waals surface area (Å²) >= 11 is 0. The summed E-state index contributed by atoms with van der Waals surface area (Å²) in [6, 6.07) is 10.5. The van der Waals surface area contributed by atoms with Gasteiger partial charge in [0.05, 0.1) is 7.11 Å². The number of aromatic hydroxyl groups is 1. The van der Waals surface area contributed by atoms with Gasteiger partial charge in [-0.1, -0.05) is 20.8 Å². The van der Waals surface area contributed by atoms with Gasteiger partial charge >= 0.3 is 5.97 Å². The third-order valence-electron chi connectivity index (χ3n) is 4.19. The Labute approximate surface area is 169 Å². The smallest absolute Gasteiger partial charge is 0.342 e. The minimum absolute atomic E-state index is 0.0642. The van der Waals surface area contributed by atoms with Crippen molar-refractivity contribution in [2.24, 2.45) is 5.41 Å². The van der Waals surface area contributed by atoms with E-state index >= 15 is 0 Å². The van der Waals surface area contributed by atoms with Gasteiger partial charge in [0.2, 0.25) is 11.7 Å². The van der Waals surface area contributed by atoms with Gasteiger partial charge in [-0.25, -0.2) is 4.79 Å². The van der Waals surface area contributed by atoms with Crippen LogP contribution in [0.3, 0.4) is 0 Å². The van der Waals surface area contributed by atoms with Crippen LogP contribution < -0.4 is 10.1 Å². The number of amides is 1. The number of hydrogen-bond acceptors (Lipinski definition) is 6. The van der Waals surface area contributed by atoms with Crippen molar-refractivity contribution >= 4 is 23.3 Å². The van der Waals surface area contributed by atoms with Gasteiger partial charge in [-0.2, -0.15) is 0 Å². The van der Waals surface area contributed by atoms with Crippen molar-refractivity contribution in [3.05, 3.63) is 53.6 Å². The van der Waals surface area contributed by atoms with Gasteiger partial charge in [-0.15, -0.1) is 0 Å². The van der Waals surface area contributed by atoms with E-state index in [1.165, 1.54) is 32.2 Å². The molecule has 0 radical (unpaired) electrons. The van der Waals surface area contributed by atoms with Crippen molar-refractivity contribution < 1.29 is 29.0 Å². The fraction of sp³-hybridized carbons (Fsp3) is 0.318. The summed E-state index contributed by atoms with van der Waals surface area (Å²) < 4.78 is 10.2. The SMILES string of the molecule is COc1ccc(C(=O)O[C@H](C)C(=O)c2ccc(NC(=O)C(C)(C)C)cc2)c(O)c1. The number of esters is 1. The van der Waals surface area contributed by atoms with Crippen LogP contribution in [0.5, 0.6) is 11.5 Å². The Morgan fingerprint density at radius 2 is 1.66 bits per heavy atom. The Kier molecular flexibility index (Phi) is 6.64. The summed E-state index contributed by atoms with van der Waals surface area (Å²) in [6.07, 6.45) is -1.06. The van der Waals surface area contributed by atoms with Crippen LogP contribution in [0.15, 0.2) is 42.5 Å². The normalized spacial score (nSPS) is 12.0. The maximum atomic E-state index is 12.5. The van der Waals surface area contributed by atoms with Crippen molar-refractivity contribution in [1.82, 2.24) is 0 Å². The molecule has 0 fully saturated rings. The van der Waals surface area contributed by atoms with Crippen molar-refractivity contribution in [3.8, 4) is 11.5 Å². The van der Waals surface area contributed by atoms with Crippen LogP contribution in [0.4, 0.5) is 5.69 Å². The van der Waals surface area contributed by atoms with Gasteiger partial charge in [0.15, 0.2) is 6.10 Å². The molecule has 1 atom stereocenters. The second kappa shape index (κ2) is 8.77. The summed E-state index contributed by atoms with van der Waals surface area (Å²) in [4.78, 5) is 36.8. The number of methoxy groups -OCH3 is 1. The molecule has 0 aliphatic rings. The molecule has 0 aliphatic carbocycles. The third kappa shape index (κ3) is 5.57. The number of hydrogen-bond donors (Lipinski definition) is 2. The number of rotatable bonds is 6. The van der Waals surface area contributed by atoms with E-state index in [9.17, 15) is 19.5 Å². The van der Waals surface area contributed by atoms with E-state index < -0.39 is 23.3 Å². The number of ether oxygens (including phenoxy) is 2. The molecule has 0 aromatic heterocycles. The van der Waals surface area contributed by atoms with E-state index in [-0.39, 0.29) is 17.2 Å². The molecule has 0 heterocycles. The first-order chi connectivity index (χ1) is 13.5. The van der Waals surface area contributed by atoms with Crippen molar-refractivity contribution in [2.45, 2.75) is 33.8 Å². The molecule has 2 aromatic carbocycles. The Bertz CT molecular complexity index is 912. The van der Waals surface area contributed by atoms with Gasteiger partial charge in [-0.3, -0.25) is 9.59 Å². The average molecular weight is 399 g/mol. The Balaban J connectivity index is 2.04. The van der Waals surface area contributed by atoms with E-state index in [4.69, 9.17) is 9.47 Å². The summed E-state index contributed by atoms with van der Waals surface area (Å²) in [5.74, 6) is -1.27. The highest BCUT2D eigenvalue weighted by Crippen LogP contribution is 2.25. The van der Waals surface area contributed by atoms with E-state index in [2.05, 4.69) is 5.32 Å². The minimum atomic E-state index is -1.06. The number of benzene rings is 2. The lowest BCUT2D eigenvalue weighted by Gasteiger charge is -2.18. The lowest BCUT2D eigenvalue weighted by molar-refractivity contribution is -0.123. The molecule has 0 saturated carbocycles. The van der Waals surface area contributed by atoms with Crippen LogP contribution in [0.25, 0.3) is 0 Å². The zero-order valence-electron chi connectivity index (χ0n) is 17.1. The molecule has 1 amide bonds. The third-order valence-corrected chi connectivity index (χ3v) is 4.19. The topological polar surface area (TPSA) is 102 Å². The van der Waals surface area contributed by atoms with Crippen LogP contribution in [0, 0.1) is 5.41 Å². The monoisotopic (exact) mass is 399 g/mol. The molecule has 2 aromatic rings. The van der Waals surface area contributed by atoms with E-state index in [1.54, 1.807) is 45.0 Å². The molecular formula is C22H25NO6. The van der Waals surface area contributed by atoms with Crippen LogP contribution >= 0.6 is 0 Å². The zero-order valence-corrected chi connectivity index (χ0v) is 17.1. The second-order valence-electron chi connectivity index (χ2n) is 7.58. The fourth-order valence-electron chi connectivity index (χ4n) is 2.36. The molecule has 154 valence electrons. The number of carbonyl (C=O) groups is 3. The molecule has 0 aliphatic heterocycles. The van der Waals surface area contributed by atoms with Crippen LogP contribution in [0.1, 0.15) is 48.4 Å². The largest absolute Gasteiger partial charge is 0.507 e. The van der Waals surface area contributed by atoms with Gasteiger partial charge in [-0.05, 0) is 43.3 Å². The standard InChI is InChI=1S/C22H25NO6/c1-13(29-20(26)17-11-10-16(28-5)12-18(17)24)19(25)14-6-8-15(9-7-14)23-21(27)22(2,3)4/h6-13,24H,1-5H3,(H,23,27)/t13-/m1/s1. The predicted octanol–water partition coefficient (Wildman–Crippen LogP) is 3.81. The van der Waals surface area contributed by atoms with Gasteiger partial charge in [0, 0.05) is 22.7 Å². The first-order valence-corrected chi connectivity index (χ1v) is 9.06. The number of nitrogens with one attached hydrogen (secondary N) is 1. The van der Waals surface area contributed by atoms with Crippen molar-refractivity contribution in [2.75, 3.05) is 12.4 Å². The molecule has 0 saturated heterocycles. The minimum Gasteiger partial charge on any atom is -0.507 e. The van der Waals surface area contributed by atoms with Gasteiger partial charge in [0.25, 0.3) is 0 Å². The number of ketones is 1. The van der Waals surface area contributed by atoms with E-state index in [0.29, 0.717) is 17.0 Å². The quantitative estimate of drug-likeness (QED) is 0.566. The highest BCUT2D eigenvalue weighted by molar-refractivity contribution is 6.02. The summed E-state index contributed by atoms with van der Waals surface area (Å²) in [6.45, 7) is 6.86. The molecule has 0 spiro atoms. The number of Topliss-reactive ketones (excluding diaryl/α,β-unsaturated/α-hetero) is 1. The van der Waals surface area contributed by atoms with Crippen LogP contribution in [-0.2, 0) is 9.53 Å². The van der Waals surface area contributed by atoms with Gasteiger partial charge in [0.1, 0.15) is 17.1 Å². The lowest BCUT2D eigenvalue weighted by atomic mass is 9.95.